The molecule has 438 valence electrons. The normalized spacial score (nSPS) is 13.6. The number of hydrogen-bond acceptors (Lipinski definition) is 2. The zero-order valence-electron chi connectivity index (χ0n) is 52.4. The van der Waals surface area contributed by atoms with Crippen molar-refractivity contribution in [3.8, 4) is 55.6 Å². The maximum Gasteiger partial charge on any atom is 0.0465 e. The van der Waals surface area contributed by atoms with Gasteiger partial charge in [0.2, 0.25) is 0 Å². The summed E-state index contributed by atoms with van der Waals surface area (Å²) in [6.07, 6.45) is 13.1. The molecule has 0 saturated heterocycles. The minimum absolute atomic E-state index is 0.175. The molecule has 0 atom stereocenters. The van der Waals surface area contributed by atoms with Gasteiger partial charge in [-0.25, -0.2) is 0 Å². The lowest BCUT2D eigenvalue weighted by atomic mass is 9.81. The van der Waals surface area contributed by atoms with E-state index in [1.807, 2.05) is 0 Å². The van der Waals surface area contributed by atoms with E-state index in [1.165, 1.54) is 94.6 Å². The molecule has 0 radical (unpaired) electrons. The fourth-order valence-electron chi connectivity index (χ4n) is 13.4. The zero-order chi connectivity index (χ0) is 62.1. The van der Waals surface area contributed by atoms with Crippen molar-refractivity contribution in [2.75, 3.05) is 9.80 Å². The third-order valence-corrected chi connectivity index (χ3v) is 18.8. The first-order valence-electron chi connectivity index (χ1n) is 31.6. The second-order valence-electron chi connectivity index (χ2n) is 25.1. The van der Waals surface area contributed by atoms with Crippen LogP contribution in [0.5, 0.6) is 0 Å². The van der Waals surface area contributed by atoms with Gasteiger partial charge in [0.05, 0.1) is 0 Å². The molecular formula is C89H72N2. The Labute approximate surface area is 537 Å². The van der Waals surface area contributed by atoms with Crippen LogP contribution in [0.15, 0.2) is 333 Å². The van der Waals surface area contributed by atoms with E-state index in [0.29, 0.717) is 0 Å². The highest BCUT2D eigenvalue weighted by atomic mass is 15.1. The monoisotopic (exact) mass is 1170 g/mol. The number of benzene rings is 12. The summed E-state index contributed by atoms with van der Waals surface area (Å²) in [5.74, 6) is 0. The summed E-state index contributed by atoms with van der Waals surface area (Å²) in [5, 5.41) is 0. The van der Waals surface area contributed by atoms with Crippen LogP contribution in [-0.2, 0) is 10.8 Å². The first kappa shape index (κ1) is 57.7. The summed E-state index contributed by atoms with van der Waals surface area (Å²) in [6, 6.07) is 108. The maximum atomic E-state index is 4.48. The Morgan fingerprint density at radius 1 is 0.286 bits per heavy atom. The van der Waals surface area contributed by atoms with Crippen molar-refractivity contribution in [3.63, 3.8) is 0 Å². The molecule has 0 N–H and O–H groups in total. The summed E-state index contributed by atoms with van der Waals surface area (Å²) in [4.78, 5) is 4.78. The van der Waals surface area contributed by atoms with Crippen molar-refractivity contribution < 1.29 is 0 Å². The number of anilines is 6. The summed E-state index contributed by atoms with van der Waals surface area (Å²) in [6.45, 7) is 16.2. The third kappa shape index (κ3) is 11.6. The van der Waals surface area contributed by atoms with E-state index in [9.17, 15) is 0 Å². The second kappa shape index (κ2) is 24.5. The quantitative estimate of drug-likeness (QED) is 0.0703. The summed E-state index contributed by atoms with van der Waals surface area (Å²) < 4.78 is 0. The highest BCUT2D eigenvalue weighted by Crippen LogP contribution is 2.52. The molecule has 0 amide bonds. The highest BCUT2D eigenvalue weighted by molar-refractivity contribution is 5.91. The van der Waals surface area contributed by atoms with Crippen LogP contribution < -0.4 is 9.80 Å². The Balaban J connectivity index is 0.661. The fourth-order valence-corrected chi connectivity index (χ4v) is 13.4. The molecule has 0 spiro atoms. The molecule has 0 saturated carbocycles. The van der Waals surface area contributed by atoms with Crippen LogP contribution in [0.3, 0.4) is 0 Å². The van der Waals surface area contributed by atoms with Gasteiger partial charge in [-0.3, -0.25) is 0 Å². The van der Waals surface area contributed by atoms with Gasteiger partial charge < -0.3 is 9.80 Å². The standard InChI is InChI=1S/C89H72N2/c1-62(28-55-81-63(2)88(3,4)86-60-79(53-57-82(81)86)90(75-45-37-71(38-46-75)67-19-11-7-12-20-67)76-47-39-72(40-48-76)68-21-13-8-14-22-68)27-29-64-30-32-65(33-31-64)34-35-66-36-56-83-84-58-54-80(61-87(84)89(5,6)85(83)59-66)91(77-49-41-73(42-50-77)69-23-15-9-16-24-69)78-51-43-74(44-52-78)70-25-17-10-18-26-70/h7-61H,1H2,2-6H3/b29-27+,35-34+,55-28-. The first-order chi connectivity index (χ1) is 44.4. The van der Waals surface area contributed by atoms with Gasteiger partial charge in [0.1, 0.15) is 0 Å². The molecule has 12 aromatic rings. The van der Waals surface area contributed by atoms with Gasteiger partial charge in [-0.05, 0) is 185 Å². The van der Waals surface area contributed by atoms with Crippen molar-refractivity contribution in [3.05, 3.63) is 372 Å². The lowest BCUT2D eigenvalue weighted by molar-refractivity contribution is 0.639. The van der Waals surface area contributed by atoms with Crippen LogP contribution in [0.25, 0.3) is 79.4 Å². The number of allylic oxidation sites excluding steroid dienone is 6. The molecule has 0 heterocycles. The van der Waals surface area contributed by atoms with Crippen LogP contribution in [0, 0.1) is 0 Å². The minimum atomic E-state index is -0.215. The molecule has 0 fully saturated rings. The largest absolute Gasteiger partial charge is 0.310 e. The van der Waals surface area contributed by atoms with E-state index >= 15 is 0 Å². The Kier molecular flexibility index (Phi) is 15.5. The molecule has 2 nitrogen and oxygen atoms in total. The highest BCUT2D eigenvalue weighted by Gasteiger charge is 2.37. The molecule has 0 bridgehead atoms. The molecule has 2 aliphatic carbocycles. The van der Waals surface area contributed by atoms with Crippen molar-refractivity contribution in [2.45, 2.75) is 45.4 Å². The minimum Gasteiger partial charge on any atom is -0.310 e. The molecule has 14 rings (SSSR count). The summed E-state index contributed by atoms with van der Waals surface area (Å²) in [7, 11) is 0. The van der Waals surface area contributed by atoms with E-state index in [0.717, 1.165) is 50.8 Å². The van der Waals surface area contributed by atoms with Crippen molar-refractivity contribution in [1.82, 2.24) is 0 Å². The molecule has 2 aliphatic rings. The second-order valence-corrected chi connectivity index (χ2v) is 25.1. The van der Waals surface area contributed by atoms with E-state index in [-0.39, 0.29) is 10.8 Å². The average Bonchev–Trinajstić information content (AvgIpc) is 1.60. The van der Waals surface area contributed by atoms with E-state index in [4.69, 9.17) is 0 Å². The maximum absolute atomic E-state index is 4.48. The summed E-state index contributed by atoms with van der Waals surface area (Å²) >= 11 is 0. The third-order valence-electron chi connectivity index (χ3n) is 18.8. The molecule has 2 heteroatoms. The SMILES string of the molecule is C=C(/C=C\C1=C(C)C(C)(C)c2cc(N(c3ccc(-c4ccccc4)cc3)c3ccc(-c4ccccc4)cc3)ccc21)/C=C/c1ccc(/C=C/c2ccc3c(c2)C(C)(C)c2cc(N(c4ccc(-c5ccccc5)cc4)c4ccc(-c5ccccc5)cc4)ccc2-3)cc1. The van der Waals surface area contributed by atoms with Crippen molar-refractivity contribution in [2.24, 2.45) is 0 Å². The van der Waals surface area contributed by atoms with Gasteiger partial charge >= 0.3 is 0 Å². The van der Waals surface area contributed by atoms with Crippen LogP contribution in [0.4, 0.5) is 34.1 Å². The number of nitrogens with zero attached hydrogens (tertiary/aromatic N) is 2. The molecule has 0 aromatic heterocycles. The molecule has 0 aliphatic heterocycles. The predicted molar refractivity (Wildman–Crippen MR) is 390 cm³/mol. The van der Waals surface area contributed by atoms with Gasteiger partial charge in [-0.2, -0.15) is 0 Å². The van der Waals surface area contributed by atoms with Crippen molar-refractivity contribution >= 4 is 57.9 Å². The molecule has 91 heavy (non-hydrogen) atoms. The van der Waals surface area contributed by atoms with Gasteiger partial charge in [0.15, 0.2) is 0 Å². The summed E-state index contributed by atoms with van der Waals surface area (Å²) in [5.41, 5.74) is 30.7. The molecule has 0 unspecified atom stereocenters. The topological polar surface area (TPSA) is 6.48 Å². The Bertz CT molecular complexity index is 4570. The smallest absolute Gasteiger partial charge is 0.0465 e. The van der Waals surface area contributed by atoms with E-state index < -0.39 is 0 Å². The lowest BCUT2D eigenvalue weighted by Crippen LogP contribution is -2.17. The van der Waals surface area contributed by atoms with E-state index in [2.05, 4.69) is 385 Å². The lowest BCUT2D eigenvalue weighted by Gasteiger charge is -2.29. The molecular weight excluding hydrogens is 1100 g/mol. The Morgan fingerprint density at radius 3 is 0.989 bits per heavy atom. The van der Waals surface area contributed by atoms with Crippen molar-refractivity contribution in [1.29, 1.82) is 0 Å². The Hall–Kier alpha value is -11.1. The number of fused-ring (bicyclic) bond motifs is 4. The van der Waals surface area contributed by atoms with Crippen LogP contribution in [0.2, 0.25) is 0 Å². The van der Waals surface area contributed by atoms with Crippen LogP contribution >= 0.6 is 0 Å². The van der Waals surface area contributed by atoms with E-state index in [1.54, 1.807) is 0 Å². The zero-order valence-corrected chi connectivity index (χ0v) is 52.4. The molecule has 12 aromatic carbocycles. The number of hydrogen-bond donors (Lipinski definition) is 0. The van der Waals surface area contributed by atoms with Gasteiger partial charge in [0.25, 0.3) is 0 Å². The van der Waals surface area contributed by atoms with Gasteiger partial charge in [-0.1, -0.05) is 301 Å². The van der Waals surface area contributed by atoms with Gasteiger partial charge in [0, 0.05) is 45.0 Å². The van der Waals surface area contributed by atoms with Gasteiger partial charge in [-0.15, -0.1) is 0 Å². The average molecular weight is 1170 g/mol. The first-order valence-corrected chi connectivity index (χ1v) is 31.6. The fraction of sp³-hybridized carbons (Fsp3) is 0.0787. The predicted octanol–water partition coefficient (Wildman–Crippen LogP) is 24.7. The van der Waals surface area contributed by atoms with Crippen LogP contribution in [0.1, 0.15) is 73.6 Å². The Morgan fingerprint density at radius 2 is 0.582 bits per heavy atom. The van der Waals surface area contributed by atoms with Crippen LogP contribution in [-0.4, -0.2) is 0 Å². The number of rotatable bonds is 16.